The van der Waals surface area contributed by atoms with Crippen molar-refractivity contribution in [2.75, 3.05) is 11.1 Å². The van der Waals surface area contributed by atoms with E-state index in [1.54, 1.807) is 0 Å². The van der Waals surface area contributed by atoms with Gasteiger partial charge >= 0.3 is 50.5 Å². The summed E-state index contributed by atoms with van der Waals surface area (Å²) in [5.41, 5.74) is 12.6. The first-order chi connectivity index (χ1) is 25.3. The Hall–Kier alpha value is 0.130. The number of aryl methyl sites for hydroxylation is 3. The molecular formula is C50H98I5N2-. The van der Waals surface area contributed by atoms with E-state index < -0.39 is 0 Å². The Morgan fingerprint density at radius 3 is 0.912 bits per heavy atom. The Morgan fingerprint density at radius 2 is 0.684 bits per heavy atom. The molecule has 0 atom stereocenters. The van der Waals surface area contributed by atoms with Gasteiger partial charge in [0.15, 0.2) is 0 Å². The van der Waals surface area contributed by atoms with Gasteiger partial charge in [-0.05, 0) is 67.3 Å². The normalized spacial score (nSPS) is 7.14. The molecule has 4 rings (SSSR count). The summed E-state index contributed by atoms with van der Waals surface area (Å²) in [7, 11) is 0. The number of hydrogen-bond donors (Lipinski definition) is 2. The third-order valence-electron chi connectivity index (χ3n) is 5.75. The van der Waals surface area contributed by atoms with Gasteiger partial charge in [-0.1, -0.05) is 238 Å². The number of halogens is 5. The van der Waals surface area contributed by atoms with Gasteiger partial charge in [-0.15, -0.1) is 0 Å². The van der Waals surface area contributed by atoms with Crippen molar-refractivity contribution < 1.29 is 13.3 Å². The maximum absolute atomic E-state index is 5.48. The van der Waals surface area contributed by atoms with Crippen molar-refractivity contribution in [1.82, 2.24) is 0 Å². The SMILES string of the molecule is C.C.C.C.C.CC.CC.CC.CC.CCCC.CCCC.CCc1ccc(N)cc1.CCc1ccc(Nc2ccccc2)cc1.Cc1ccccc1.II.I[I-]I. The van der Waals surface area contributed by atoms with Gasteiger partial charge in [0.25, 0.3) is 0 Å². The van der Waals surface area contributed by atoms with Crippen LogP contribution in [-0.2, 0) is 12.8 Å². The molecule has 0 amide bonds. The number of nitrogens with one attached hydrogen (secondary N) is 1. The molecule has 0 bridgehead atoms. The van der Waals surface area contributed by atoms with Crippen LogP contribution in [0, 0.1) is 6.92 Å². The number of unbranched alkanes of at least 4 members (excludes halogenated alkanes) is 2. The molecule has 0 saturated carbocycles. The summed E-state index contributed by atoms with van der Waals surface area (Å²) >= 11 is 9.54. The molecule has 0 unspecified atom stereocenters. The van der Waals surface area contributed by atoms with Gasteiger partial charge in [-0.25, -0.2) is 0 Å². The fourth-order valence-electron chi connectivity index (χ4n) is 2.80. The van der Waals surface area contributed by atoms with Gasteiger partial charge in [0, 0.05) is 54.3 Å². The van der Waals surface area contributed by atoms with Gasteiger partial charge in [0.1, 0.15) is 0 Å². The molecule has 0 radical (unpaired) electrons. The van der Waals surface area contributed by atoms with Crippen LogP contribution in [0.15, 0.2) is 109 Å². The van der Waals surface area contributed by atoms with Crippen LogP contribution in [0.25, 0.3) is 0 Å². The summed E-state index contributed by atoms with van der Waals surface area (Å²) in [5.74, 6) is 0. The first-order valence-electron chi connectivity index (χ1n) is 19.1. The zero-order chi connectivity index (χ0) is 41.8. The van der Waals surface area contributed by atoms with Crippen molar-refractivity contribution in [3.63, 3.8) is 0 Å². The quantitative estimate of drug-likeness (QED) is 0.149. The molecule has 0 aliphatic carbocycles. The topological polar surface area (TPSA) is 38.0 Å². The molecule has 0 heterocycles. The van der Waals surface area contributed by atoms with E-state index in [9.17, 15) is 0 Å². The molecule has 0 fully saturated rings. The molecule has 3 N–H and O–H groups in total. The van der Waals surface area contributed by atoms with Gasteiger partial charge in [-0.2, -0.15) is 0 Å². The van der Waals surface area contributed by atoms with E-state index in [2.05, 4.69) is 189 Å². The van der Waals surface area contributed by atoms with Crippen LogP contribution in [0.3, 0.4) is 0 Å². The molecule has 344 valence electrons. The Labute approximate surface area is 416 Å². The summed E-state index contributed by atoms with van der Waals surface area (Å²) in [6.07, 6.45) is 7.45. The Bertz CT molecular complexity index is 1060. The van der Waals surface area contributed by atoms with Crippen LogP contribution in [0.1, 0.15) is 176 Å². The Morgan fingerprint density at radius 1 is 0.439 bits per heavy atom. The fourth-order valence-corrected chi connectivity index (χ4v) is 2.80. The standard InChI is InChI=1S/C14H15N.C8H11N.C7H8.2C4H10.4C2H6.5CH4.I3.I2/c1-2-12-8-10-14(11-9-12)15-13-6-4-3-5-7-13;1-2-7-3-5-8(9)6-4-7;1-7-5-3-2-4-6-7;2*1-3-4-2;4*1-2;;;;;;1-3-2;1-2/h3-11,15H,2H2,1H3;3-6H,2,9H2,1H3;2-6H,1H3;2*3-4H2,1-2H3;4*1-2H3;5*1H4;;/q;;;;;;;;;;;;;;-1;. The van der Waals surface area contributed by atoms with Gasteiger partial charge in [0.05, 0.1) is 0 Å². The first kappa shape index (κ1) is 88.4. The van der Waals surface area contributed by atoms with Crippen LogP contribution in [-0.4, -0.2) is 0 Å². The number of benzene rings is 4. The molecule has 4 aromatic carbocycles. The molecule has 0 aliphatic rings. The number of rotatable bonds is 6. The summed E-state index contributed by atoms with van der Waals surface area (Å²) in [5, 5.41) is 3.36. The number of anilines is 3. The van der Waals surface area contributed by atoms with Crippen molar-refractivity contribution in [2.45, 2.75) is 180 Å². The van der Waals surface area contributed by atoms with Crippen LogP contribution >= 0.6 is 74.5 Å². The zero-order valence-corrected chi connectivity index (χ0v) is 46.4. The van der Waals surface area contributed by atoms with E-state index in [1.165, 1.54) is 42.4 Å². The summed E-state index contributed by atoms with van der Waals surface area (Å²) in [6.45, 7) is 31.1. The monoisotopic (exact) mass is 1360 g/mol. The third-order valence-corrected chi connectivity index (χ3v) is 5.75. The van der Waals surface area contributed by atoms with E-state index in [1.807, 2.05) is 104 Å². The minimum absolute atomic E-state index is 0. The van der Waals surface area contributed by atoms with E-state index in [0.29, 0.717) is 13.3 Å². The fraction of sp³-hybridized carbons (Fsp3) is 0.520. The average molecular weight is 1360 g/mol. The predicted octanol–water partition coefficient (Wildman–Crippen LogP) is 19.3. The summed E-state index contributed by atoms with van der Waals surface area (Å²) in [4.78, 5) is 0. The minimum atomic E-state index is 0. The number of para-hydroxylation sites is 1. The molecule has 57 heavy (non-hydrogen) atoms. The molecular weight excluding hydrogens is 1260 g/mol. The summed E-state index contributed by atoms with van der Waals surface area (Å²) < 4.78 is 0. The molecule has 0 saturated heterocycles. The zero-order valence-electron chi connectivity index (χ0n) is 35.6. The third kappa shape index (κ3) is 77.3. The van der Waals surface area contributed by atoms with Crippen LogP contribution in [0.4, 0.5) is 17.1 Å². The predicted molar refractivity (Wildman–Crippen MR) is 313 cm³/mol. The molecule has 0 spiro atoms. The second-order valence-corrected chi connectivity index (χ2v) is 25.6. The first-order valence-corrected chi connectivity index (χ1v) is 38.0. The van der Waals surface area contributed by atoms with Crippen molar-refractivity contribution in [2.24, 2.45) is 0 Å². The molecule has 2 nitrogen and oxygen atoms in total. The number of nitrogen functional groups attached to an aromatic ring is 1. The van der Waals surface area contributed by atoms with Gasteiger partial charge in [-0.3, -0.25) is 0 Å². The van der Waals surface area contributed by atoms with E-state index in [4.69, 9.17) is 5.73 Å². The number of hydrogen-bond acceptors (Lipinski definition) is 2. The average Bonchev–Trinajstić information content (AvgIpc) is 3.24. The van der Waals surface area contributed by atoms with Crippen LogP contribution in [0.5, 0.6) is 0 Å². The molecule has 7 heteroatoms. The van der Waals surface area contributed by atoms with Crippen molar-refractivity contribution in [3.8, 4) is 0 Å². The second kappa shape index (κ2) is 87.6. The molecule has 4 aromatic rings. The maximum atomic E-state index is 5.48. The number of nitrogens with two attached hydrogens (primary N) is 1. The van der Waals surface area contributed by atoms with Crippen LogP contribution in [0.2, 0.25) is 0 Å². The second-order valence-electron chi connectivity index (χ2n) is 9.35. The molecule has 0 aromatic heterocycles. The van der Waals surface area contributed by atoms with Crippen molar-refractivity contribution in [1.29, 1.82) is 0 Å². The van der Waals surface area contributed by atoms with Crippen molar-refractivity contribution >= 4 is 91.5 Å². The Kier molecular flexibility index (Phi) is 136. The van der Waals surface area contributed by atoms with Gasteiger partial charge < -0.3 is 11.1 Å². The van der Waals surface area contributed by atoms with E-state index >= 15 is 0 Å². The molecule has 0 aliphatic heterocycles. The van der Waals surface area contributed by atoms with Gasteiger partial charge in [0.2, 0.25) is 0 Å². The van der Waals surface area contributed by atoms with E-state index in [-0.39, 0.29) is 37.1 Å². The van der Waals surface area contributed by atoms with Crippen LogP contribution < -0.4 is 24.3 Å². The van der Waals surface area contributed by atoms with E-state index in [0.717, 1.165) is 29.9 Å². The van der Waals surface area contributed by atoms with Crippen molar-refractivity contribution in [3.05, 3.63) is 126 Å². The Balaban J connectivity index is -0.0000000427. The summed E-state index contributed by atoms with van der Waals surface area (Å²) in [6, 6.07) is 37.0.